The van der Waals surface area contributed by atoms with E-state index in [1.807, 2.05) is 6.92 Å². The second-order valence-corrected chi connectivity index (χ2v) is 4.05. The van der Waals surface area contributed by atoms with Crippen LogP contribution in [-0.4, -0.2) is 24.7 Å². The maximum absolute atomic E-state index is 11.2. The van der Waals surface area contributed by atoms with E-state index < -0.39 is 0 Å². The summed E-state index contributed by atoms with van der Waals surface area (Å²) in [6.45, 7) is 2.35. The van der Waals surface area contributed by atoms with Crippen LogP contribution in [0.1, 0.15) is 32.6 Å². The number of hydrogen-bond donors (Lipinski definition) is 1. The number of nitrogens with one attached hydrogen (secondary N) is 1. The minimum atomic E-state index is -0.0486. The Bertz CT molecular complexity index is 205. The fourth-order valence-electron chi connectivity index (χ4n) is 2.60. The van der Waals surface area contributed by atoms with Crippen molar-refractivity contribution in [2.24, 2.45) is 5.92 Å². The number of carbonyl (C=O) groups is 1. The predicted octanol–water partition coefficient (Wildman–Crippen LogP) is 1.08. The number of ether oxygens (including phenoxy) is 1. The van der Waals surface area contributed by atoms with Crippen LogP contribution in [0.4, 0.5) is 0 Å². The molecule has 1 aliphatic heterocycles. The zero-order valence-corrected chi connectivity index (χ0v) is 8.08. The Hall–Kier alpha value is -0.570. The zero-order chi connectivity index (χ0) is 9.26. The van der Waals surface area contributed by atoms with Gasteiger partial charge in [0.15, 0.2) is 0 Å². The maximum atomic E-state index is 11.2. The van der Waals surface area contributed by atoms with Gasteiger partial charge in [-0.25, -0.2) is 0 Å². The summed E-state index contributed by atoms with van der Waals surface area (Å²) in [6.07, 6.45) is 4.42. The highest BCUT2D eigenvalue weighted by atomic mass is 16.5. The molecule has 2 fully saturated rings. The fourth-order valence-corrected chi connectivity index (χ4v) is 2.60. The van der Waals surface area contributed by atoms with E-state index in [2.05, 4.69) is 5.32 Å². The van der Waals surface area contributed by atoms with Crippen molar-refractivity contribution in [2.45, 2.75) is 44.7 Å². The fraction of sp³-hybridized carbons (Fsp3) is 0.900. The first-order chi connectivity index (χ1) is 6.29. The van der Waals surface area contributed by atoms with E-state index in [1.165, 1.54) is 19.3 Å². The SMILES string of the molecule is CCOC(=O)C[C@H]1N[C@@H]2CC[C@H]1C2. The highest BCUT2D eigenvalue weighted by Crippen LogP contribution is 2.36. The molecule has 0 spiro atoms. The molecule has 3 atom stereocenters. The van der Waals surface area contributed by atoms with E-state index in [0.717, 1.165) is 5.92 Å². The summed E-state index contributed by atoms with van der Waals surface area (Å²) in [5.41, 5.74) is 0. The van der Waals surface area contributed by atoms with E-state index in [1.54, 1.807) is 0 Å². The molecule has 1 aliphatic carbocycles. The van der Waals surface area contributed by atoms with E-state index in [-0.39, 0.29) is 5.97 Å². The van der Waals surface area contributed by atoms with E-state index >= 15 is 0 Å². The molecule has 1 saturated carbocycles. The van der Waals surface area contributed by atoms with Crippen molar-refractivity contribution in [3.05, 3.63) is 0 Å². The van der Waals surface area contributed by atoms with Crippen LogP contribution in [0.25, 0.3) is 0 Å². The lowest BCUT2D eigenvalue weighted by Gasteiger charge is -2.21. The third kappa shape index (κ3) is 1.85. The van der Waals surface area contributed by atoms with E-state index in [0.29, 0.717) is 25.1 Å². The van der Waals surface area contributed by atoms with Gasteiger partial charge in [-0.1, -0.05) is 0 Å². The molecule has 0 aromatic carbocycles. The molecule has 1 heterocycles. The number of rotatable bonds is 3. The molecular weight excluding hydrogens is 166 g/mol. The van der Waals surface area contributed by atoms with Gasteiger partial charge in [0.1, 0.15) is 0 Å². The molecule has 3 heteroatoms. The standard InChI is InChI=1S/C10H17NO2/c1-2-13-10(12)6-9-7-3-4-8(5-7)11-9/h7-9,11H,2-6H2,1H3/t7-,8+,9+/m0/s1. The van der Waals surface area contributed by atoms with Crippen molar-refractivity contribution in [3.8, 4) is 0 Å². The highest BCUT2D eigenvalue weighted by Gasteiger charge is 2.39. The number of piperidine rings is 1. The molecule has 1 N–H and O–H groups in total. The summed E-state index contributed by atoms with van der Waals surface area (Å²) >= 11 is 0. The summed E-state index contributed by atoms with van der Waals surface area (Å²) in [7, 11) is 0. The molecule has 1 saturated heterocycles. The molecule has 74 valence electrons. The number of carbonyl (C=O) groups excluding carboxylic acids is 1. The van der Waals surface area contributed by atoms with Gasteiger partial charge in [0.25, 0.3) is 0 Å². The Morgan fingerprint density at radius 2 is 2.38 bits per heavy atom. The molecule has 2 aliphatic rings. The van der Waals surface area contributed by atoms with Gasteiger partial charge < -0.3 is 10.1 Å². The topological polar surface area (TPSA) is 38.3 Å². The van der Waals surface area contributed by atoms with Crippen LogP contribution in [0.5, 0.6) is 0 Å². The molecule has 3 nitrogen and oxygen atoms in total. The average Bonchev–Trinajstić information content (AvgIpc) is 2.65. The van der Waals surface area contributed by atoms with Crippen LogP contribution in [0.3, 0.4) is 0 Å². The number of hydrogen-bond acceptors (Lipinski definition) is 3. The number of fused-ring (bicyclic) bond motifs is 2. The average molecular weight is 183 g/mol. The Morgan fingerprint density at radius 1 is 1.54 bits per heavy atom. The minimum absolute atomic E-state index is 0.0486. The van der Waals surface area contributed by atoms with Gasteiger partial charge in [-0.3, -0.25) is 4.79 Å². The zero-order valence-electron chi connectivity index (χ0n) is 8.08. The lowest BCUT2D eigenvalue weighted by molar-refractivity contribution is -0.143. The van der Waals surface area contributed by atoms with Gasteiger partial charge in [-0.15, -0.1) is 0 Å². The second-order valence-electron chi connectivity index (χ2n) is 4.05. The van der Waals surface area contributed by atoms with Gasteiger partial charge in [0.2, 0.25) is 0 Å². The first kappa shape index (κ1) is 9.00. The van der Waals surface area contributed by atoms with Crippen molar-refractivity contribution in [2.75, 3.05) is 6.61 Å². The molecule has 0 amide bonds. The molecule has 0 unspecified atom stereocenters. The predicted molar refractivity (Wildman–Crippen MR) is 49.3 cm³/mol. The van der Waals surface area contributed by atoms with Gasteiger partial charge in [-0.2, -0.15) is 0 Å². The Balaban J connectivity index is 1.79. The smallest absolute Gasteiger partial charge is 0.307 e. The third-order valence-electron chi connectivity index (χ3n) is 3.18. The van der Waals surface area contributed by atoms with Gasteiger partial charge in [-0.05, 0) is 32.1 Å². The van der Waals surface area contributed by atoms with Crippen LogP contribution in [0.2, 0.25) is 0 Å². The quantitative estimate of drug-likeness (QED) is 0.665. The largest absolute Gasteiger partial charge is 0.466 e. The van der Waals surface area contributed by atoms with Crippen LogP contribution in [-0.2, 0) is 9.53 Å². The monoisotopic (exact) mass is 183 g/mol. The van der Waals surface area contributed by atoms with Gasteiger partial charge in [0.05, 0.1) is 13.0 Å². The van der Waals surface area contributed by atoms with Crippen LogP contribution < -0.4 is 5.32 Å². The lowest BCUT2D eigenvalue weighted by Crippen LogP contribution is -2.37. The molecule has 0 radical (unpaired) electrons. The highest BCUT2D eigenvalue weighted by molar-refractivity contribution is 5.70. The first-order valence-electron chi connectivity index (χ1n) is 5.21. The molecule has 2 rings (SSSR count). The van der Waals surface area contributed by atoms with Crippen molar-refractivity contribution in [1.29, 1.82) is 0 Å². The first-order valence-corrected chi connectivity index (χ1v) is 5.21. The van der Waals surface area contributed by atoms with Crippen molar-refractivity contribution >= 4 is 5.97 Å². The minimum Gasteiger partial charge on any atom is -0.466 e. The third-order valence-corrected chi connectivity index (χ3v) is 3.18. The van der Waals surface area contributed by atoms with Crippen LogP contribution in [0, 0.1) is 5.92 Å². The maximum Gasteiger partial charge on any atom is 0.307 e. The van der Waals surface area contributed by atoms with Crippen molar-refractivity contribution < 1.29 is 9.53 Å². The summed E-state index contributed by atoms with van der Waals surface area (Å²) < 4.78 is 4.93. The normalized spacial score (nSPS) is 36.5. The summed E-state index contributed by atoms with van der Waals surface area (Å²) in [5, 5.41) is 3.48. The van der Waals surface area contributed by atoms with Crippen molar-refractivity contribution in [3.63, 3.8) is 0 Å². The summed E-state index contributed by atoms with van der Waals surface area (Å²) in [5.74, 6) is 0.682. The van der Waals surface area contributed by atoms with Crippen LogP contribution in [0.15, 0.2) is 0 Å². The Morgan fingerprint density at radius 3 is 2.92 bits per heavy atom. The van der Waals surface area contributed by atoms with E-state index in [9.17, 15) is 4.79 Å². The Kier molecular flexibility index (Phi) is 2.54. The van der Waals surface area contributed by atoms with Gasteiger partial charge >= 0.3 is 5.97 Å². The Labute approximate surface area is 78.8 Å². The molecule has 13 heavy (non-hydrogen) atoms. The second kappa shape index (κ2) is 3.66. The summed E-state index contributed by atoms with van der Waals surface area (Å²) in [6, 6.07) is 1.09. The molecule has 0 aromatic rings. The van der Waals surface area contributed by atoms with Gasteiger partial charge in [0, 0.05) is 12.1 Å². The summed E-state index contributed by atoms with van der Waals surface area (Å²) in [4.78, 5) is 11.2. The molecule has 0 aromatic heterocycles. The molecular formula is C10H17NO2. The number of esters is 1. The lowest BCUT2D eigenvalue weighted by atomic mass is 9.97. The molecule has 2 bridgehead atoms. The van der Waals surface area contributed by atoms with E-state index in [4.69, 9.17) is 4.74 Å². The van der Waals surface area contributed by atoms with Crippen molar-refractivity contribution in [1.82, 2.24) is 5.32 Å². The van der Waals surface area contributed by atoms with Crippen LogP contribution >= 0.6 is 0 Å².